The molecule has 0 saturated carbocycles. The smallest absolute Gasteiger partial charge is 0.240 e. The number of benzene rings is 1. The van der Waals surface area contributed by atoms with Crippen LogP contribution < -0.4 is 10.7 Å². The number of amides is 1. The van der Waals surface area contributed by atoms with Gasteiger partial charge in [0.05, 0.1) is 17.1 Å². The third-order valence-electron chi connectivity index (χ3n) is 4.04. The monoisotopic (exact) mass is 371 g/mol. The highest BCUT2D eigenvalue weighted by Gasteiger charge is 2.25. The van der Waals surface area contributed by atoms with Crippen LogP contribution in [0.1, 0.15) is 19.6 Å². The molecule has 26 heavy (non-hydrogen) atoms. The van der Waals surface area contributed by atoms with Crippen molar-refractivity contribution in [2.75, 3.05) is 17.3 Å². The maximum atomic E-state index is 12.9. The zero-order chi connectivity index (χ0) is 18.7. The molecule has 0 saturated heterocycles. The second-order valence-electron chi connectivity index (χ2n) is 5.74. The van der Waals surface area contributed by atoms with Gasteiger partial charge in [0.15, 0.2) is 5.82 Å². The summed E-state index contributed by atoms with van der Waals surface area (Å²) in [7, 11) is 0. The van der Waals surface area contributed by atoms with Crippen LogP contribution >= 0.6 is 11.8 Å². The summed E-state index contributed by atoms with van der Waals surface area (Å²) in [4.78, 5) is 14.6. The standard InChI is InChI=1S/C18H21N5O2S/c1-4-22(14-8-6-5-7-9-14)17(24)13(3)26-18-21-20-16(23(18)19)15-10-11-25-12(15)2/h5-11,13H,4,19H2,1-3H3/t13-/m0/s1. The topological polar surface area (TPSA) is 90.2 Å². The van der Waals surface area contributed by atoms with Gasteiger partial charge in [-0.25, -0.2) is 4.68 Å². The average Bonchev–Trinajstić information content (AvgIpc) is 3.22. The van der Waals surface area contributed by atoms with Crippen LogP contribution in [0, 0.1) is 6.92 Å². The summed E-state index contributed by atoms with van der Waals surface area (Å²) in [6, 6.07) is 11.4. The van der Waals surface area contributed by atoms with E-state index in [9.17, 15) is 4.79 Å². The van der Waals surface area contributed by atoms with E-state index in [0.717, 1.165) is 11.3 Å². The lowest BCUT2D eigenvalue weighted by Gasteiger charge is -2.24. The Hall–Kier alpha value is -2.74. The highest BCUT2D eigenvalue weighted by Crippen LogP contribution is 2.28. The number of anilines is 1. The van der Waals surface area contributed by atoms with Crippen LogP contribution in [0.15, 0.2) is 52.2 Å². The number of furan rings is 1. The molecule has 136 valence electrons. The van der Waals surface area contributed by atoms with E-state index in [1.807, 2.05) is 51.1 Å². The minimum Gasteiger partial charge on any atom is -0.469 e. The Morgan fingerprint density at radius 2 is 2.04 bits per heavy atom. The van der Waals surface area contributed by atoms with E-state index >= 15 is 0 Å². The summed E-state index contributed by atoms with van der Waals surface area (Å²) in [6.45, 7) is 6.22. The number of para-hydroxylation sites is 1. The molecule has 0 fully saturated rings. The van der Waals surface area contributed by atoms with Crippen LogP contribution in [0.3, 0.4) is 0 Å². The molecule has 1 atom stereocenters. The molecule has 1 aromatic carbocycles. The van der Waals surface area contributed by atoms with Crippen LogP contribution in [0.2, 0.25) is 0 Å². The van der Waals surface area contributed by atoms with E-state index in [4.69, 9.17) is 10.3 Å². The summed E-state index contributed by atoms with van der Waals surface area (Å²) < 4.78 is 6.69. The highest BCUT2D eigenvalue weighted by atomic mass is 32.2. The molecule has 0 bridgehead atoms. The molecule has 0 radical (unpaired) electrons. The molecular formula is C18H21N5O2S. The number of nitrogen functional groups attached to an aromatic ring is 1. The van der Waals surface area contributed by atoms with Crippen LogP contribution in [-0.4, -0.2) is 32.6 Å². The Morgan fingerprint density at radius 3 is 2.65 bits per heavy atom. The van der Waals surface area contributed by atoms with E-state index in [1.54, 1.807) is 17.2 Å². The van der Waals surface area contributed by atoms with Gasteiger partial charge in [-0.1, -0.05) is 30.0 Å². The maximum Gasteiger partial charge on any atom is 0.240 e. The van der Waals surface area contributed by atoms with E-state index in [-0.39, 0.29) is 11.2 Å². The molecule has 0 aliphatic heterocycles. The van der Waals surface area contributed by atoms with E-state index in [2.05, 4.69) is 10.2 Å². The molecule has 0 aliphatic carbocycles. The molecule has 8 heteroatoms. The predicted molar refractivity (Wildman–Crippen MR) is 102 cm³/mol. The molecule has 0 spiro atoms. The zero-order valence-corrected chi connectivity index (χ0v) is 15.7. The number of nitrogens with zero attached hydrogens (tertiary/aromatic N) is 4. The van der Waals surface area contributed by atoms with Gasteiger partial charge in [-0.05, 0) is 39.0 Å². The first-order chi connectivity index (χ1) is 12.5. The van der Waals surface area contributed by atoms with Gasteiger partial charge in [-0.2, -0.15) is 0 Å². The lowest BCUT2D eigenvalue weighted by Crippen LogP contribution is -2.36. The van der Waals surface area contributed by atoms with Crippen molar-refractivity contribution in [3.05, 3.63) is 48.4 Å². The van der Waals surface area contributed by atoms with Crippen molar-refractivity contribution in [1.29, 1.82) is 0 Å². The molecule has 3 rings (SSSR count). The van der Waals surface area contributed by atoms with Crippen molar-refractivity contribution in [1.82, 2.24) is 14.9 Å². The first-order valence-corrected chi connectivity index (χ1v) is 9.19. The number of aromatic nitrogens is 3. The highest BCUT2D eigenvalue weighted by molar-refractivity contribution is 8.00. The van der Waals surface area contributed by atoms with Gasteiger partial charge >= 0.3 is 0 Å². The fraction of sp³-hybridized carbons (Fsp3) is 0.278. The van der Waals surface area contributed by atoms with Crippen molar-refractivity contribution in [2.45, 2.75) is 31.2 Å². The fourth-order valence-electron chi connectivity index (χ4n) is 2.66. The number of nitrogens with two attached hydrogens (primary N) is 1. The van der Waals surface area contributed by atoms with E-state index in [1.165, 1.54) is 16.4 Å². The van der Waals surface area contributed by atoms with Gasteiger partial charge in [0.1, 0.15) is 5.76 Å². The lowest BCUT2D eigenvalue weighted by atomic mass is 10.2. The van der Waals surface area contributed by atoms with Crippen LogP contribution in [0.5, 0.6) is 0 Å². The van der Waals surface area contributed by atoms with E-state index in [0.29, 0.717) is 23.3 Å². The largest absolute Gasteiger partial charge is 0.469 e. The number of aryl methyl sites for hydroxylation is 1. The van der Waals surface area contributed by atoms with Gasteiger partial charge in [0.2, 0.25) is 11.1 Å². The third kappa shape index (κ3) is 3.45. The van der Waals surface area contributed by atoms with Gasteiger partial charge in [-0.3, -0.25) is 4.79 Å². The van der Waals surface area contributed by atoms with Gasteiger partial charge in [0, 0.05) is 12.2 Å². The molecule has 2 heterocycles. The predicted octanol–water partition coefficient (Wildman–Crippen LogP) is 3.09. The molecule has 1 amide bonds. The second kappa shape index (κ2) is 7.65. The summed E-state index contributed by atoms with van der Waals surface area (Å²) in [6.07, 6.45) is 1.58. The van der Waals surface area contributed by atoms with Gasteiger partial charge in [0.25, 0.3) is 0 Å². The first-order valence-electron chi connectivity index (χ1n) is 8.31. The van der Waals surface area contributed by atoms with Gasteiger partial charge in [-0.15, -0.1) is 10.2 Å². The maximum absolute atomic E-state index is 12.9. The SMILES string of the molecule is CCN(C(=O)[C@H](C)Sc1nnc(-c2ccoc2C)n1N)c1ccccc1. The summed E-state index contributed by atoms with van der Waals surface area (Å²) in [5.74, 6) is 7.35. The summed E-state index contributed by atoms with van der Waals surface area (Å²) in [5.41, 5.74) is 1.65. The van der Waals surface area contributed by atoms with Crippen molar-refractivity contribution >= 4 is 23.4 Å². The third-order valence-corrected chi connectivity index (χ3v) is 5.09. The number of rotatable bonds is 6. The number of thioether (sulfide) groups is 1. The van der Waals surface area contributed by atoms with Crippen LogP contribution in [0.25, 0.3) is 11.4 Å². The Bertz CT molecular complexity index is 890. The summed E-state index contributed by atoms with van der Waals surface area (Å²) in [5, 5.41) is 8.38. The number of hydrogen-bond acceptors (Lipinski definition) is 6. The normalized spacial score (nSPS) is 12.1. The second-order valence-corrected chi connectivity index (χ2v) is 7.05. The number of carbonyl (C=O) groups excluding carboxylic acids is 1. The first kappa shape index (κ1) is 18.1. The molecule has 7 nitrogen and oxygen atoms in total. The minimum atomic E-state index is -0.361. The molecular weight excluding hydrogens is 350 g/mol. The Morgan fingerprint density at radius 1 is 1.31 bits per heavy atom. The molecule has 0 unspecified atom stereocenters. The lowest BCUT2D eigenvalue weighted by molar-refractivity contribution is -0.117. The van der Waals surface area contributed by atoms with Crippen LogP contribution in [0.4, 0.5) is 5.69 Å². The quantitative estimate of drug-likeness (QED) is 0.529. The Kier molecular flexibility index (Phi) is 5.32. The minimum absolute atomic E-state index is 0.00672. The molecule has 3 aromatic rings. The molecule has 2 aromatic heterocycles. The Labute approximate surface area is 156 Å². The average molecular weight is 371 g/mol. The van der Waals surface area contributed by atoms with E-state index < -0.39 is 0 Å². The van der Waals surface area contributed by atoms with Crippen molar-refractivity contribution in [3.8, 4) is 11.4 Å². The van der Waals surface area contributed by atoms with Gasteiger partial charge < -0.3 is 15.2 Å². The van der Waals surface area contributed by atoms with Crippen molar-refractivity contribution < 1.29 is 9.21 Å². The van der Waals surface area contributed by atoms with Crippen LogP contribution in [-0.2, 0) is 4.79 Å². The molecule has 0 aliphatic rings. The Balaban J connectivity index is 1.78. The zero-order valence-electron chi connectivity index (χ0n) is 14.9. The van der Waals surface area contributed by atoms with Crippen molar-refractivity contribution in [2.24, 2.45) is 0 Å². The number of hydrogen-bond donors (Lipinski definition) is 1. The number of carbonyl (C=O) groups is 1. The fourth-order valence-corrected chi connectivity index (χ4v) is 3.49. The van der Waals surface area contributed by atoms with Crippen molar-refractivity contribution in [3.63, 3.8) is 0 Å². The summed E-state index contributed by atoms with van der Waals surface area (Å²) >= 11 is 1.28. The molecule has 2 N–H and O–H groups in total.